The molecule has 12 heavy (non-hydrogen) atoms. The molecule has 0 aliphatic heterocycles. The number of hydrogen-bond donors (Lipinski definition) is 1. The van der Waals surface area contributed by atoms with Crippen LogP contribution in [0.3, 0.4) is 0 Å². The number of nitrogens with zero attached hydrogens (tertiary/aromatic N) is 1. The summed E-state index contributed by atoms with van der Waals surface area (Å²) in [6.07, 6.45) is -1.17. The lowest BCUT2D eigenvalue weighted by molar-refractivity contribution is 0.0817. The van der Waals surface area contributed by atoms with E-state index in [0.717, 1.165) is 0 Å². The molecule has 1 heterocycles. The average molecular weight is 174 g/mol. The number of pyridine rings is 1. The van der Waals surface area contributed by atoms with Gasteiger partial charge in [0.2, 0.25) is 0 Å². The summed E-state index contributed by atoms with van der Waals surface area (Å²) in [5.41, 5.74) is 5.27. The molecule has 0 aliphatic rings. The fourth-order valence-corrected chi connectivity index (χ4v) is 0.636. The summed E-state index contributed by atoms with van der Waals surface area (Å²) in [5.74, 6) is 0.629. The van der Waals surface area contributed by atoms with Crippen molar-refractivity contribution >= 4 is 5.82 Å². The van der Waals surface area contributed by atoms with Gasteiger partial charge >= 0.3 is 0 Å². The highest BCUT2D eigenvalue weighted by Gasteiger charge is 2.02. The van der Waals surface area contributed by atoms with Crippen LogP contribution in [0.4, 0.5) is 14.6 Å². The smallest absolute Gasteiger partial charge is 0.272 e. The summed E-state index contributed by atoms with van der Waals surface area (Å²) >= 11 is 0. The Labute approximate surface area is 68.2 Å². The van der Waals surface area contributed by atoms with Crippen molar-refractivity contribution in [3.8, 4) is 5.75 Å². The Morgan fingerprint density at radius 2 is 2.25 bits per heavy atom. The monoisotopic (exact) mass is 174 g/mol. The molecule has 0 atom stereocenters. The first-order valence-electron chi connectivity index (χ1n) is 3.31. The molecular formula is C7H8F2N2O. The summed E-state index contributed by atoms with van der Waals surface area (Å²) in [6.45, 7) is -0.619. The standard InChI is InChI=1S/C7H8F2N2O/c8-6(9)4-12-5-1-2-7(10)11-3-5/h1-3,6H,4H2,(H2,10,11). The topological polar surface area (TPSA) is 48.1 Å². The minimum absolute atomic E-state index is 0.296. The second-order valence-corrected chi connectivity index (χ2v) is 2.12. The minimum Gasteiger partial charge on any atom is -0.486 e. The third-order valence-corrected chi connectivity index (χ3v) is 1.14. The number of nitrogen functional groups attached to an aromatic ring is 1. The first kappa shape index (κ1) is 8.70. The van der Waals surface area contributed by atoms with Gasteiger partial charge in [0, 0.05) is 0 Å². The van der Waals surface area contributed by atoms with E-state index in [9.17, 15) is 8.78 Å². The zero-order valence-corrected chi connectivity index (χ0v) is 6.21. The summed E-state index contributed by atoms with van der Waals surface area (Å²) in [5, 5.41) is 0. The van der Waals surface area contributed by atoms with E-state index in [2.05, 4.69) is 9.72 Å². The first-order chi connectivity index (χ1) is 5.68. The van der Waals surface area contributed by atoms with Crippen molar-refractivity contribution in [2.75, 3.05) is 12.3 Å². The lowest BCUT2D eigenvalue weighted by atomic mass is 10.4. The van der Waals surface area contributed by atoms with Crippen LogP contribution >= 0.6 is 0 Å². The van der Waals surface area contributed by atoms with Crippen LogP contribution in [0.1, 0.15) is 0 Å². The van der Waals surface area contributed by atoms with Gasteiger partial charge in [-0.3, -0.25) is 0 Å². The minimum atomic E-state index is -2.47. The molecule has 5 heteroatoms. The number of anilines is 1. The predicted molar refractivity (Wildman–Crippen MR) is 40.1 cm³/mol. The van der Waals surface area contributed by atoms with E-state index in [-0.39, 0.29) is 0 Å². The van der Waals surface area contributed by atoms with E-state index in [0.29, 0.717) is 11.6 Å². The van der Waals surface area contributed by atoms with Crippen LogP contribution in [-0.2, 0) is 0 Å². The van der Waals surface area contributed by atoms with Crippen molar-refractivity contribution in [1.29, 1.82) is 0 Å². The highest BCUT2D eigenvalue weighted by atomic mass is 19.3. The zero-order valence-electron chi connectivity index (χ0n) is 6.21. The van der Waals surface area contributed by atoms with Gasteiger partial charge in [-0.05, 0) is 12.1 Å². The second kappa shape index (κ2) is 3.85. The molecule has 0 saturated carbocycles. The fraction of sp³-hybridized carbons (Fsp3) is 0.286. The third kappa shape index (κ3) is 2.69. The van der Waals surface area contributed by atoms with Crippen molar-refractivity contribution in [1.82, 2.24) is 4.98 Å². The van der Waals surface area contributed by atoms with Crippen LogP contribution < -0.4 is 10.5 Å². The number of ether oxygens (including phenoxy) is 1. The molecule has 0 aromatic carbocycles. The maximum absolute atomic E-state index is 11.6. The summed E-state index contributed by atoms with van der Waals surface area (Å²) in [6, 6.07) is 2.98. The molecule has 1 rings (SSSR count). The van der Waals surface area contributed by atoms with E-state index >= 15 is 0 Å². The molecule has 0 radical (unpaired) electrons. The highest BCUT2D eigenvalue weighted by molar-refractivity contribution is 5.31. The van der Waals surface area contributed by atoms with Gasteiger partial charge in [0.15, 0.2) is 0 Å². The Bertz CT molecular complexity index is 238. The second-order valence-electron chi connectivity index (χ2n) is 2.12. The van der Waals surface area contributed by atoms with Crippen molar-refractivity contribution < 1.29 is 13.5 Å². The van der Waals surface area contributed by atoms with Gasteiger partial charge in [0.05, 0.1) is 6.20 Å². The zero-order chi connectivity index (χ0) is 8.97. The van der Waals surface area contributed by atoms with Gasteiger partial charge in [0.1, 0.15) is 18.2 Å². The van der Waals surface area contributed by atoms with Crippen molar-refractivity contribution in [3.05, 3.63) is 18.3 Å². The molecule has 0 spiro atoms. The third-order valence-electron chi connectivity index (χ3n) is 1.14. The van der Waals surface area contributed by atoms with Crippen LogP contribution in [0.25, 0.3) is 0 Å². The number of halogens is 2. The van der Waals surface area contributed by atoms with Crippen molar-refractivity contribution in [3.63, 3.8) is 0 Å². The maximum Gasteiger partial charge on any atom is 0.272 e. The largest absolute Gasteiger partial charge is 0.486 e. The van der Waals surface area contributed by atoms with Gasteiger partial charge in [-0.25, -0.2) is 13.8 Å². The van der Waals surface area contributed by atoms with Gasteiger partial charge in [-0.1, -0.05) is 0 Å². The Morgan fingerprint density at radius 3 is 2.75 bits per heavy atom. The molecule has 0 fully saturated rings. The van der Waals surface area contributed by atoms with Crippen LogP contribution in [0.15, 0.2) is 18.3 Å². The van der Waals surface area contributed by atoms with Crippen molar-refractivity contribution in [2.24, 2.45) is 0 Å². The molecular weight excluding hydrogens is 166 g/mol. The van der Waals surface area contributed by atoms with Crippen LogP contribution in [0.5, 0.6) is 5.75 Å². The van der Waals surface area contributed by atoms with E-state index in [1.807, 2.05) is 0 Å². The molecule has 0 saturated heterocycles. The van der Waals surface area contributed by atoms with E-state index in [4.69, 9.17) is 5.73 Å². The molecule has 66 valence electrons. The summed E-state index contributed by atoms with van der Waals surface area (Å²) in [4.78, 5) is 3.66. The summed E-state index contributed by atoms with van der Waals surface area (Å²) < 4.78 is 27.9. The van der Waals surface area contributed by atoms with Crippen LogP contribution in [0.2, 0.25) is 0 Å². The average Bonchev–Trinajstić information content (AvgIpc) is 2.03. The predicted octanol–water partition coefficient (Wildman–Crippen LogP) is 1.31. The Morgan fingerprint density at radius 1 is 1.50 bits per heavy atom. The van der Waals surface area contributed by atoms with E-state index < -0.39 is 13.0 Å². The Hall–Kier alpha value is -1.39. The van der Waals surface area contributed by atoms with Gasteiger partial charge in [-0.2, -0.15) is 0 Å². The molecule has 0 bridgehead atoms. The normalized spacial score (nSPS) is 10.2. The molecule has 2 N–H and O–H groups in total. The molecule has 3 nitrogen and oxygen atoms in total. The molecule has 1 aromatic rings. The van der Waals surface area contributed by atoms with E-state index in [1.165, 1.54) is 18.3 Å². The Kier molecular flexibility index (Phi) is 2.79. The number of hydrogen-bond acceptors (Lipinski definition) is 3. The highest BCUT2D eigenvalue weighted by Crippen LogP contribution is 2.10. The summed E-state index contributed by atoms with van der Waals surface area (Å²) in [7, 11) is 0. The maximum atomic E-state index is 11.6. The van der Waals surface area contributed by atoms with Crippen molar-refractivity contribution in [2.45, 2.75) is 6.43 Å². The van der Waals surface area contributed by atoms with Crippen LogP contribution in [0, 0.1) is 0 Å². The fourth-order valence-electron chi connectivity index (χ4n) is 0.636. The van der Waals surface area contributed by atoms with Gasteiger partial charge in [0.25, 0.3) is 6.43 Å². The molecule has 1 aromatic heterocycles. The lowest BCUT2D eigenvalue weighted by Gasteiger charge is -2.03. The number of alkyl halides is 2. The molecule has 0 amide bonds. The Balaban J connectivity index is 2.48. The van der Waals surface area contributed by atoms with E-state index in [1.54, 1.807) is 0 Å². The lowest BCUT2D eigenvalue weighted by Crippen LogP contribution is -2.07. The van der Waals surface area contributed by atoms with Gasteiger partial charge in [-0.15, -0.1) is 0 Å². The molecule has 0 aliphatic carbocycles. The number of aromatic nitrogens is 1. The van der Waals surface area contributed by atoms with Crippen LogP contribution in [-0.4, -0.2) is 18.0 Å². The van der Waals surface area contributed by atoms with Gasteiger partial charge < -0.3 is 10.5 Å². The SMILES string of the molecule is Nc1ccc(OCC(F)F)cn1. The molecule has 0 unspecified atom stereocenters. The quantitative estimate of drug-likeness (QED) is 0.751. The number of nitrogens with two attached hydrogens (primary N) is 1. The number of rotatable bonds is 3. The first-order valence-corrected chi connectivity index (χ1v) is 3.31.